The van der Waals surface area contributed by atoms with Crippen LogP contribution in [-0.2, 0) is 11.8 Å². The van der Waals surface area contributed by atoms with E-state index in [4.69, 9.17) is 4.74 Å². The molecule has 1 aromatic heterocycles. The number of carbonyl (C=O) groups excluding carboxylic acids is 1. The molecule has 26 heavy (non-hydrogen) atoms. The molecular weight excluding hydrogens is 334 g/mol. The molecule has 0 atom stereocenters. The molecule has 0 spiro atoms. The highest BCUT2D eigenvalue weighted by atomic mass is 16.5. The Kier molecular flexibility index (Phi) is 5.52. The number of anilines is 2. The highest BCUT2D eigenvalue weighted by molar-refractivity contribution is 5.92. The standard InChI is InChI=1S/C18H23N5O3/c1-21-18(25)11-15(12-19-21)23-8-6-22(7-9-23)13-17(24)20-14-4-3-5-16(10-14)26-2/h3-5,10-12H,6-9,13H2,1-2H3,(H,20,24). The Hall–Kier alpha value is -2.87. The zero-order valence-corrected chi connectivity index (χ0v) is 15.0. The van der Waals surface area contributed by atoms with E-state index >= 15 is 0 Å². The summed E-state index contributed by atoms with van der Waals surface area (Å²) in [4.78, 5) is 28.2. The van der Waals surface area contributed by atoms with Gasteiger partial charge in [0.2, 0.25) is 5.91 Å². The minimum atomic E-state index is -0.123. The number of amides is 1. The van der Waals surface area contributed by atoms with Gasteiger partial charge in [0.05, 0.1) is 25.5 Å². The van der Waals surface area contributed by atoms with Crippen LogP contribution in [0.25, 0.3) is 0 Å². The second-order valence-electron chi connectivity index (χ2n) is 6.22. The molecule has 1 N–H and O–H groups in total. The van der Waals surface area contributed by atoms with Gasteiger partial charge in [0, 0.05) is 51.0 Å². The van der Waals surface area contributed by atoms with Gasteiger partial charge in [0.25, 0.3) is 5.56 Å². The summed E-state index contributed by atoms with van der Waals surface area (Å²) in [6.07, 6.45) is 1.70. The predicted octanol–water partition coefficient (Wildman–Crippen LogP) is 0.550. The van der Waals surface area contributed by atoms with E-state index < -0.39 is 0 Å². The molecule has 1 saturated heterocycles. The van der Waals surface area contributed by atoms with Crippen LogP contribution >= 0.6 is 0 Å². The summed E-state index contributed by atoms with van der Waals surface area (Å²) >= 11 is 0. The van der Waals surface area contributed by atoms with Crippen LogP contribution in [-0.4, -0.2) is 60.4 Å². The molecule has 1 fully saturated rings. The molecule has 8 nitrogen and oxygen atoms in total. The number of nitrogens with zero attached hydrogens (tertiary/aromatic N) is 4. The number of aryl methyl sites for hydroxylation is 1. The third-order valence-corrected chi connectivity index (χ3v) is 4.41. The molecule has 1 amide bonds. The van der Waals surface area contributed by atoms with E-state index in [-0.39, 0.29) is 11.5 Å². The van der Waals surface area contributed by atoms with Crippen LogP contribution in [0.15, 0.2) is 41.3 Å². The summed E-state index contributed by atoms with van der Waals surface area (Å²) in [6.45, 7) is 3.34. The number of hydrogen-bond acceptors (Lipinski definition) is 6. The Morgan fingerprint density at radius 2 is 2.00 bits per heavy atom. The molecule has 8 heteroatoms. The maximum atomic E-state index is 12.3. The van der Waals surface area contributed by atoms with Gasteiger partial charge in [0.15, 0.2) is 0 Å². The molecule has 1 aliphatic heterocycles. The van der Waals surface area contributed by atoms with E-state index in [0.29, 0.717) is 12.3 Å². The van der Waals surface area contributed by atoms with E-state index in [9.17, 15) is 9.59 Å². The second-order valence-corrected chi connectivity index (χ2v) is 6.22. The monoisotopic (exact) mass is 357 g/mol. The Labute approximate surface area is 152 Å². The lowest BCUT2D eigenvalue weighted by molar-refractivity contribution is -0.117. The summed E-state index contributed by atoms with van der Waals surface area (Å²) in [5, 5.41) is 6.95. The summed E-state index contributed by atoms with van der Waals surface area (Å²) in [7, 11) is 3.23. The zero-order chi connectivity index (χ0) is 18.5. The maximum Gasteiger partial charge on any atom is 0.268 e. The number of ether oxygens (including phenoxy) is 1. The molecule has 1 aliphatic rings. The van der Waals surface area contributed by atoms with Gasteiger partial charge < -0.3 is 15.0 Å². The number of methoxy groups -OCH3 is 1. The van der Waals surface area contributed by atoms with Crippen LogP contribution in [0.2, 0.25) is 0 Å². The number of nitrogens with one attached hydrogen (secondary N) is 1. The topological polar surface area (TPSA) is 79.7 Å². The summed E-state index contributed by atoms with van der Waals surface area (Å²) in [5.74, 6) is 0.654. The quantitative estimate of drug-likeness (QED) is 0.842. The lowest BCUT2D eigenvalue weighted by Crippen LogP contribution is -2.49. The first kappa shape index (κ1) is 17.9. The zero-order valence-electron chi connectivity index (χ0n) is 15.0. The Morgan fingerprint density at radius 3 is 2.69 bits per heavy atom. The minimum absolute atomic E-state index is 0.0537. The van der Waals surface area contributed by atoms with E-state index in [1.165, 1.54) is 4.68 Å². The Bertz CT molecular complexity index is 828. The van der Waals surface area contributed by atoms with Crippen molar-refractivity contribution in [3.05, 3.63) is 46.9 Å². The Morgan fingerprint density at radius 1 is 1.23 bits per heavy atom. The SMILES string of the molecule is COc1cccc(NC(=O)CN2CCN(c3cnn(C)c(=O)c3)CC2)c1. The van der Waals surface area contributed by atoms with E-state index in [2.05, 4.69) is 20.2 Å². The van der Waals surface area contributed by atoms with Crippen molar-refractivity contribution in [1.29, 1.82) is 0 Å². The number of piperazine rings is 1. The third-order valence-electron chi connectivity index (χ3n) is 4.41. The van der Waals surface area contributed by atoms with Gasteiger partial charge in [-0.25, -0.2) is 4.68 Å². The number of carbonyl (C=O) groups is 1. The largest absolute Gasteiger partial charge is 0.497 e. The molecule has 2 heterocycles. The van der Waals surface area contributed by atoms with Gasteiger partial charge in [-0.05, 0) is 12.1 Å². The van der Waals surface area contributed by atoms with Gasteiger partial charge in [-0.3, -0.25) is 14.5 Å². The first-order valence-corrected chi connectivity index (χ1v) is 8.50. The van der Waals surface area contributed by atoms with Crippen molar-refractivity contribution in [1.82, 2.24) is 14.7 Å². The number of rotatable bonds is 5. The van der Waals surface area contributed by atoms with Gasteiger partial charge in [0.1, 0.15) is 5.75 Å². The molecule has 138 valence electrons. The Balaban J connectivity index is 1.51. The maximum absolute atomic E-state index is 12.3. The lowest BCUT2D eigenvalue weighted by Gasteiger charge is -2.35. The van der Waals surface area contributed by atoms with Crippen molar-refractivity contribution in [2.45, 2.75) is 0 Å². The first-order valence-electron chi connectivity index (χ1n) is 8.50. The van der Waals surface area contributed by atoms with Crippen molar-refractivity contribution >= 4 is 17.3 Å². The molecule has 2 aromatic rings. The minimum Gasteiger partial charge on any atom is -0.497 e. The second kappa shape index (κ2) is 8.01. The normalized spacial score (nSPS) is 14.9. The van der Waals surface area contributed by atoms with E-state index in [1.54, 1.807) is 32.5 Å². The highest BCUT2D eigenvalue weighted by Crippen LogP contribution is 2.17. The fourth-order valence-corrected chi connectivity index (χ4v) is 2.90. The van der Waals surface area contributed by atoms with E-state index in [0.717, 1.165) is 37.6 Å². The lowest BCUT2D eigenvalue weighted by atomic mass is 10.2. The molecule has 0 bridgehead atoms. The number of benzene rings is 1. The van der Waals surface area contributed by atoms with Crippen molar-refractivity contribution in [3.63, 3.8) is 0 Å². The van der Waals surface area contributed by atoms with Gasteiger partial charge in [-0.1, -0.05) is 6.07 Å². The van der Waals surface area contributed by atoms with Crippen LogP contribution in [0, 0.1) is 0 Å². The number of hydrogen-bond donors (Lipinski definition) is 1. The smallest absolute Gasteiger partial charge is 0.268 e. The summed E-state index contributed by atoms with van der Waals surface area (Å²) < 4.78 is 6.47. The van der Waals surface area contributed by atoms with Crippen LogP contribution in [0.4, 0.5) is 11.4 Å². The van der Waals surface area contributed by atoms with Crippen LogP contribution < -0.4 is 20.5 Å². The molecule has 1 aromatic carbocycles. The highest BCUT2D eigenvalue weighted by Gasteiger charge is 2.20. The van der Waals surface area contributed by atoms with Crippen LogP contribution in [0.1, 0.15) is 0 Å². The van der Waals surface area contributed by atoms with E-state index in [1.807, 2.05) is 18.2 Å². The van der Waals surface area contributed by atoms with Crippen LogP contribution in [0.3, 0.4) is 0 Å². The molecular formula is C18H23N5O3. The number of aromatic nitrogens is 2. The van der Waals surface area contributed by atoms with Gasteiger partial charge >= 0.3 is 0 Å². The molecule has 0 unspecified atom stereocenters. The third kappa shape index (κ3) is 4.40. The van der Waals surface area contributed by atoms with Gasteiger partial charge in [-0.15, -0.1) is 0 Å². The average molecular weight is 357 g/mol. The summed E-state index contributed by atoms with van der Waals surface area (Å²) in [6, 6.07) is 8.89. The van der Waals surface area contributed by atoms with Crippen molar-refractivity contribution in [3.8, 4) is 5.75 Å². The van der Waals surface area contributed by atoms with Crippen molar-refractivity contribution in [2.24, 2.45) is 7.05 Å². The first-order chi connectivity index (χ1) is 12.5. The molecule has 0 saturated carbocycles. The fraction of sp³-hybridized carbons (Fsp3) is 0.389. The molecule has 3 rings (SSSR count). The molecule has 0 radical (unpaired) electrons. The van der Waals surface area contributed by atoms with Gasteiger partial charge in [-0.2, -0.15) is 5.10 Å². The fourth-order valence-electron chi connectivity index (χ4n) is 2.90. The molecule has 0 aliphatic carbocycles. The summed E-state index contributed by atoms with van der Waals surface area (Å²) in [5.41, 5.74) is 1.43. The van der Waals surface area contributed by atoms with Crippen molar-refractivity contribution < 1.29 is 9.53 Å². The average Bonchev–Trinajstić information content (AvgIpc) is 2.65. The predicted molar refractivity (Wildman–Crippen MR) is 99.8 cm³/mol. The van der Waals surface area contributed by atoms with Crippen molar-refractivity contribution in [2.75, 3.05) is 50.1 Å². The van der Waals surface area contributed by atoms with Crippen LogP contribution in [0.5, 0.6) is 5.75 Å².